The highest BCUT2D eigenvalue weighted by Crippen LogP contribution is 2.55. The van der Waals surface area contributed by atoms with Gasteiger partial charge in [-0.2, -0.15) is 0 Å². The first-order chi connectivity index (χ1) is 18.0. The van der Waals surface area contributed by atoms with Gasteiger partial charge in [0.1, 0.15) is 11.2 Å². The first-order valence-corrected chi connectivity index (χ1v) is 13.1. The van der Waals surface area contributed by atoms with Crippen molar-refractivity contribution >= 4 is 37.5 Å². The van der Waals surface area contributed by atoms with Crippen molar-refractivity contribution in [1.82, 2.24) is 0 Å². The third-order valence-electron chi connectivity index (χ3n) is 7.83. The second-order valence-corrected chi connectivity index (χ2v) is 10.6. The third-order valence-corrected chi connectivity index (χ3v) is 8.32. The standard InChI is InChI=1S/C34H23BrO2/c35-24-19-20-31-32(21-24)34(37,28-18-8-12-23-10-2-4-14-26(23)28)30-16-6-5-15-29(30)33(31,36)27-17-7-11-22-9-1-3-13-25(22)27/h1-21,36-37H. The number of benzene rings is 6. The molecule has 178 valence electrons. The van der Waals surface area contributed by atoms with E-state index >= 15 is 0 Å². The summed E-state index contributed by atoms with van der Waals surface area (Å²) in [6.07, 6.45) is 0. The molecular weight excluding hydrogens is 520 g/mol. The highest BCUT2D eigenvalue weighted by molar-refractivity contribution is 9.10. The minimum atomic E-state index is -1.48. The Labute approximate surface area is 223 Å². The molecule has 7 rings (SSSR count). The Kier molecular flexibility index (Phi) is 4.93. The number of aliphatic hydroxyl groups is 2. The van der Waals surface area contributed by atoms with Crippen molar-refractivity contribution in [3.05, 3.63) is 165 Å². The zero-order chi connectivity index (χ0) is 25.2. The second-order valence-electron chi connectivity index (χ2n) is 9.71. The lowest BCUT2D eigenvalue weighted by molar-refractivity contribution is 0.0763. The Hall–Kier alpha value is -3.76. The van der Waals surface area contributed by atoms with Gasteiger partial charge in [0.25, 0.3) is 0 Å². The molecule has 37 heavy (non-hydrogen) atoms. The van der Waals surface area contributed by atoms with Gasteiger partial charge in [-0.3, -0.25) is 0 Å². The average Bonchev–Trinajstić information content (AvgIpc) is 2.95. The molecular formula is C34H23BrO2. The average molecular weight is 543 g/mol. The molecule has 0 bridgehead atoms. The fraction of sp³-hybridized carbons (Fsp3) is 0.0588. The van der Waals surface area contributed by atoms with Crippen LogP contribution in [-0.4, -0.2) is 10.2 Å². The summed E-state index contributed by atoms with van der Waals surface area (Å²) in [5.74, 6) is 0. The van der Waals surface area contributed by atoms with Gasteiger partial charge in [0.05, 0.1) is 0 Å². The van der Waals surface area contributed by atoms with Crippen molar-refractivity contribution in [1.29, 1.82) is 0 Å². The molecule has 6 aromatic rings. The van der Waals surface area contributed by atoms with Crippen LogP contribution in [0.3, 0.4) is 0 Å². The van der Waals surface area contributed by atoms with Crippen LogP contribution in [0.2, 0.25) is 0 Å². The van der Waals surface area contributed by atoms with E-state index in [0.29, 0.717) is 22.3 Å². The van der Waals surface area contributed by atoms with Crippen molar-refractivity contribution in [2.75, 3.05) is 0 Å². The summed E-state index contributed by atoms with van der Waals surface area (Å²) in [4.78, 5) is 0. The van der Waals surface area contributed by atoms with E-state index in [1.54, 1.807) is 0 Å². The van der Waals surface area contributed by atoms with E-state index in [1.165, 1.54) is 0 Å². The smallest absolute Gasteiger partial charge is 0.141 e. The van der Waals surface area contributed by atoms with Gasteiger partial charge < -0.3 is 10.2 Å². The van der Waals surface area contributed by atoms with Crippen LogP contribution >= 0.6 is 15.9 Å². The predicted octanol–water partition coefficient (Wildman–Crippen LogP) is 7.64. The minimum absolute atomic E-state index is 0.660. The largest absolute Gasteiger partial charge is 0.376 e. The fourth-order valence-electron chi connectivity index (χ4n) is 6.20. The van der Waals surface area contributed by atoms with Gasteiger partial charge in [-0.15, -0.1) is 0 Å². The van der Waals surface area contributed by atoms with E-state index in [1.807, 2.05) is 91.0 Å². The lowest BCUT2D eigenvalue weighted by atomic mass is 9.62. The van der Waals surface area contributed by atoms with Crippen LogP contribution < -0.4 is 0 Å². The second kappa shape index (κ2) is 8.12. The van der Waals surface area contributed by atoms with Gasteiger partial charge >= 0.3 is 0 Å². The van der Waals surface area contributed by atoms with E-state index in [4.69, 9.17) is 0 Å². The highest BCUT2D eigenvalue weighted by Gasteiger charge is 2.51. The Morgan fingerprint density at radius 1 is 0.405 bits per heavy atom. The summed E-state index contributed by atoms with van der Waals surface area (Å²) < 4.78 is 0.838. The summed E-state index contributed by atoms with van der Waals surface area (Å²) in [6.45, 7) is 0. The van der Waals surface area contributed by atoms with Crippen molar-refractivity contribution in [2.45, 2.75) is 11.2 Å². The number of rotatable bonds is 2. The molecule has 2 atom stereocenters. The van der Waals surface area contributed by atoms with Crippen LogP contribution in [0, 0.1) is 0 Å². The van der Waals surface area contributed by atoms with Gasteiger partial charge in [0, 0.05) is 21.2 Å². The molecule has 0 fully saturated rings. The molecule has 0 spiro atoms. The monoisotopic (exact) mass is 542 g/mol. The van der Waals surface area contributed by atoms with Crippen LogP contribution in [0.15, 0.2) is 132 Å². The van der Waals surface area contributed by atoms with Crippen molar-refractivity contribution < 1.29 is 10.2 Å². The van der Waals surface area contributed by atoms with E-state index in [0.717, 1.165) is 37.1 Å². The summed E-state index contributed by atoms with van der Waals surface area (Å²) in [6, 6.07) is 41.9. The van der Waals surface area contributed by atoms with Crippen molar-refractivity contribution in [2.24, 2.45) is 0 Å². The van der Waals surface area contributed by atoms with Crippen LogP contribution in [0.5, 0.6) is 0 Å². The lowest BCUT2D eigenvalue weighted by Crippen LogP contribution is -2.44. The first kappa shape index (κ1) is 22.4. The maximum atomic E-state index is 12.9. The third kappa shape index (κ3) is 3.05. The number of halogens is 1. The van der Waals surface area contributed by atoms with Gasteiger partial charge in [0.2, 0.25) is 0 Å². The zero-order valence-electron chi connectivity index (χ0n) is 19.9. The molecule has 1 aliphatic carbocycles. The summed E-state index contributed by atoms with van der Waals surface area (Å²) >= 11 is 3.65. The number of hydrogen-bond donors (Lipinski definition) is 2. The molecule has 0 amide bonds. The maximum absolute atomic E-state index is 12.9. The van der Waals surface area contributed by atoms with Gasteiger partial charge in [-0.25, -0.2) is 0 Å². The lowest BCUT2D eigenvalue weighted by Gasteiger charge is -2.45. The van der Waals surface area contributed by atoms with Gasteiger partial charge in [0.15, 0.2) is 0 Å². The Morgan fingerprint density at radius 3 is 1.38 bits per heavy atom. The van der Waals surface area contributed by atoms with Crippen LogP contribution in [0.25, 0.3) is 21.5 Å². The molecule has 0 aliphatic heterocycles. The molecule has 1 aliphatic rings. The quantitative estimate of drug-likeness (QED) is 0.236. The molecule has 0 saturated heterocycles. The molecule has 0 aromatic heterocycles. The zero-order valence-corrected chi connectivity index (χ0v) is 21.5. The van der Waals surface area contributed by atoms with Crippen molar-refractivity contribution in [3.8, 4) is 0 Å². The SMILES string of the molecule is OC1(c2cccc3ccccc23)c2ccccc2C(O)(c2cccc3ccccc23)c2cc(Br)ccc21. The minimum Gasteiger partial charge on any atom is -0.376 e. The highest BCUT2D eigenvalue weighted by atomic mass is 79.9. The molecule has 2 N–H and O–H groups in total. The molecule has 3 heteroatoms. The van der Waals surface area contributed by atoms with Crippen LogP contribution in [0.4, 0.5) is 0 Å². The predicted molar refractivity (Wildman–Crippen MR) is 153 cm³/mol. The van der Waals surface area contributed by atoms with Gasteiger partial charge in [-0.05, 0) is 50.4 Å². The first-order valence-electron chi connectivity index (χ1n) is 12.3. The van der Waals surface area contributed by atoms with E-state index in [2.05, 4.69) is 52.3 Å². The maximum Gasteiger partial charge on any atom is 0.141 e. The molecule has 2 nitrogen and oxygen atoms in total. The molecule has 0 heterocycles. The Balaban J connectivity index is 1.64. The molecule has 6 aromatic carbocycles. The molecule has 0 saturated carbocycles. The Bertz CT molecular complexity index is 1830. The summed E-state index contributed by atoms with van der Waals surface area (Å²) in [7, 11) is 0. The van der Waals surface area contributed by atoms with Crippen LogP contribution in [0.1, 0.15) is 33.4 Å². The fourth-order valence-corrected chi connectivity index (χ4v) is 6.56. The number of fused-ring (bicyclic) bond motifs is 4. The van der Waals surface area contributed by atoms with E-state index < -0.39 is 11.2 Å². The number of hydrogen-bond acceptors (Lipinski definition) is 2. The summed E-state index contributed by atoms with van der Waals surface area (Å²) in [5, 5.41) is 29.9. The van der Waals surface area contributed by atoms with Crippen LogP contribution in [-0.2, 0) is 11.2 Å². The van der Waals surface area contributed by atoms with E-state index in [-0.39, 0.29) is 0 Å². The topological polar surface area (TPSA) is 40.5 Å². The van der Waals surface area contributed by atoms with Gasteiger partial charge in [-0.1, -0.05) is 131 Å². The molecule has 2 unspecified atom stereocenters. The Morgan fingerprint density at radius 2 is 0.811 bits per heavy atom. The normalized spacial score (nSPS) is 20.5. The summed E-state index contributed by atoms with van der Waals surface area (Å²) in [5.41, 5.74) is 1.31. The van der Waals surface area contributed by atoms with E-state index in [9.17, 15) is 10.2 Å². The van der Waals surface area contributed by atoms with Crippen molar-refractivity contribution in [3.63, 3.8) is 0 Å². The molecule has 0 radical (unpaired) electrons.